The fraction of sp³-hybridized carbons (Fsp3) is 0. The van der Waals surface area contributed by atoms with E-state index in [1.54, 1.807) is 18.4 Å². The van der Waals surface area contributed by atoms with Crippen LogP contribution in [0.25, 0.3) is 22.0 Å². The number of hydrogen-bond donors (Lipinski definition) is 2. The molecule has 6 heteroatoms. The van der Waals surface area contributed by atoms with Crippen molar-refractivity contribution in [1.82, 2.24) is 10.4 Å². The predicted molar refractivity (Wildman–Crippen MR) is 105 cm³/mol. The number of fused-ring (bicyclic) bond motifs is 1. The minimum atomic E-state index is -0.320. The largest absolute Gasteiger partial charge is 0.463 e. The van der Waals surface area contributed by atoms with Crippen molar-refractivity contribution in [2.45, 2.75) is 0 Å². The molecular formula is C20H14BrN3O2. The molecule has 26 heavy (non-hydrogen) atoms. The van der Waals surface area contributed by atoms with E-state index < -0.39 is 0 Å². The number of hydrogen-bond acceptors (Lipinski definition) is 3. The first-order chi connectivity index (χ1) is 12.7. The van der Waals surface area contributed by atoms with Crippen LogP contribution in [0.1, 0.15) is 16.2 Å². The second kappa shape index (κ2) is 7.01. The smallest absolute Gasteiger partial charge is 0.288 e. The topological polar surface area (TPSA) is 70.4 Å². The lowest BCUT2D eigenvalue weighted by Crippen LogP contribution is -2.18. The molecule has 0 bridgehead atoms. The first kappa shape index (κ1) is 16.4. The molecule has 128 valence electrons. The summed E-state index contributed by atoms with van der Waals surface area (Å²) in [6.07, 6.45) is 3.01. The highest BCUT2D eigenvalue weighted by atomic mass is 79.9. The Labute approximate surface area is 157 Å². The Morgan fingerprint density at radius 1 is 1.12 bits per heavy atom. The lowest BCUT2D eigenvalue weighted by molar-refractivity contribution is 0.0951. The highest BCUT2D eigenvalue weighted by molar-refractivity contribution is 9.10. The maximum absolute atomic E-state index is 12.7. The number of H-pyrrole nitrogens is 1. The molecule has 2 aromatic carbocycles. The van der Waals surface area contributed by atoms with Gasteiger partial charge < -0.3 is 9.40 Å². The second-order valence-electron chi connectivity index (χ2n) is 5.65. The van der Waals surface area contributed by atoms with E-state index in [1.165, 1.54) is 6.21 Å². The van der Waals surface area contributed by atoms with Crippen molar-refractivity contribution in [2.75, 3.05) is 0 Å². The van der Waals surface area contributed by atoms with Gasteiger partial charge in [0.15, 0.2) is 0 Å². The van der Waals surface area contributed by atoms with E-state index in [-0.39, 0.29) is 5.91 Å². The maximum Gasteiger partial charge on any atom is 0.288 e. The van der Waals surface area contributed by atoms with Crippen molar-refractivity contribution in [2.24, 2.45) is 5.10 Å². The van der Waals surface area contributed by atoms with Gasteiger partial charge in [-0.3, -0.25) is 4.79 Å². The molecular weight excluding hydrogens is 394 g/mol. The summed E-state index contributed by atoms with van der Waals surface area (Å²) >= 11 is 3.50. The minimum absolute atomic E-state index is 0.320. The first-order valence-electron chi connectivity index (χ1n) is 7.96. The average molecular weight is 408 g/mol. The first-order valence-corrected chi connectivity index (χ1v) is 8.75. The highest BCUT2D eigenvalue weighted by Crippen LogP contribution is 2.34. The van der Waals surface area contributed by atoms with Crippen LogP contribution in [0, 0.1) is 0 Å². The van der Waals surface area contributed by atoms with E-state index in [2.05, 4.69) is 31.4 Å². The Kier molecular flexibility index (Phi) is 4.41. The molecule has 1 amide bonds. The third-order valence-corrected chi connectivity index (χ3v) is 4.44. The Morgan fingerprint density at radius 3 is 2.73 bits per heavy atom. The monoisotopic (exact) mass is 407 g/mol. The average Bonchev–Trinajstić information content (AvgIpc) is 3.29. The number of furan rings is 1. The van der Waals surface area contributed by atoms with Crippen LogP contribution in [0.4, 0.5) is 0 Å². The predicted octanol–water partition coefficient (Wildman–Crippen LogP) is 4.95. The standard InChI is InChI=1S/C20H14BrN3O2/c21-14-8-9-17-16(11-14)18(13-5-2-1-3-6-13)19(23-17)20(25)24-22-12-15-7-4-10-26-15/h1-12,23H,(H,24,25)/b22-12-. The number of aromatic amines is 1. The number of rotatable bonds is 4. The third-order valence-electron chi connectivity index (χ3n) is 3.95. The van der Waals surface area contributed by atoms with Crippen LogP contribution in [-0.2, 0) is 0 Å². The fourth-order valence-electron chi connectivity index (χ4n) is 2.81. The van der Waals surface area contributed by atoms with Gasteiger partial charge in [-0.1, -0.05) is 46.3 Å². The molecule has 0 fully saturated rings. The van der Waals surface area contributed by atoms with E-state index in [4.69, 9.17) is 4.42 Å². The Balaban J connectivity index is 1.75. The number of aromatic nitrogens is 1. The van der Waals surface area contributed by atoms with Gasteiger partial charge in [0.2, 0.25) is 0 Å². The van der Waals surface area contributed by atoms with Gasteiger partial charge in [-0.25, -0.2) is 5.43 Å². The second-order valence-corrected chi connectivity index (χ2v) is 6.56. The molecule has 0 atom stereocenters. The van der Waals surface area contributed by atoms with Crippen LogP contribution in [0.15, 0.2) is 80.9 Å². The number of benzene rings is 2. The van der Waals surface area contributed by atoms with Crippen LogP contribution >= 0.6 is 15.9 Å². The molecule has 4 aromatic rings. The maximum atomic E-state index is 12.7. The van der Waals surface area contributed by atoms with Crippen molar-refractivity contribution < 1.29 is 9.21 Å². The van der Waals surface area contributed by atoms with Gasteiger partial charge in [0.05, 0.1) is 12.5 Å². The summed E-state index contributed by atoms with van der Waals surface area (Å²) in [6.45, 7) is 0. The summed E-state index contributed by atoms with van der Waals surface area (Å²) in [6, 6.07) is 19.2. The molecule has 0 unspecified atom stereocenters. The van der Waals surface area contributed by atoms with Crippen LogP contribution in [0.5, 0.6) is 0 Å². The van der Waals surface area contributed by atoms with Gasteiger partial charge in [0, 0.05) is 20.9 Å². The molecule has 0 aliphatic carbocycles. The minimum Gasteiger partial charge on any atom is -0.463 e. The molecule has 0 aliphatic heterocycles. The lowest BCUT2D eigenvalue weighted by atomic mass is 10.0. The number of hydrazone groups is 1. The zero-order valence-corrected chi connectivity index (χ0v) is 15.2. The quantitative estimate of drug-likeness (QED) is 0.370. The molecule has 5 nitrogen and oxygen atoms in total. The molecule has 4 rings (SSSR count). The number of halogens is 1. The van der Waals surface area contributed by atoms with Crippen molar-refractivity contribution in [3.63, 3.8) is 0 Å². The molecule has 2 N–H and O–H groups in total. The zero-order valence-electron chi connectivity index (χ0n) is 13.6. The SMILES string of the molecule is O=C(N/N=C\c1ccco1)c1[nH]c2ccc(Br)cc2c1-c1ccccc1. The van der Waals surface area contributed by atoms with Crippen molar-refractivity contribution >= 4 is 39.0 Å². The molecule has 2 heterocycles. The number of nitrogens with zero attached hydrogens (tertiary/aromatic N) is 1. The Bertz CT molecular complexity index is 1080. The molecule has 2 aromatic heterocycles. The molecule has 0 saturated heterocycles. The normalized spacial score (nSPS) is 11.3. The molecule has 0 aliphatic rings. The van der Waals surface area contributed by atoms with Crippen LogP contribution in [0.2, 0.25) is 0 Å². The van der Waals surface area contributed by atoms with E-state index in [9.17, 15) is 4.79 Å². The molecule has 0 saturated carbocycles. The van der Waals surface area contributed by atoms with Crippen molar-refractivity contribution in [1.29, 1.82) is 0 Å². The van der Waals surface area contributed by atoms with Crippen molar-refractivity contribution in [3.05, 3.63) is 82.9 Å². The van der Waals surface area contributed by atoms with Gasteiger partial charge in [-0.2, -0.15) is 5.10 Å². The highest BCUT2D eigenvalue weighted by Gasteiger charge is 2.19. The Hall–Kier alpha value is -3.12. The van der Waals surface area contributed by atoms with E-state index in [1.807, 2.05) is 48.5 Å². The summed E-state index contributed by atoms with van der Waals surface area (Å²) in [5.74, 6) is 0.244. The molecule has 0 radical (unpaired) electrons. The zero-order chi connectivity index (χ0) is 17.9. The van der Waals surface area contributed by atoms with Gasteiger partial charge in [0.25, 0.3) is 5.91 Å². The number of carbonyl (C=O) groups is 1. The van der Waals surface area contributed by atoms with Crippen molar-refractivity contribution in [3.8, 4) is 11.1 Å². The van der Waals surface area contributed by atoms with Crippen LogP contribution in [0.3, 0.4) is 0 Å². The van der Waals surface area contributed by atoms with Gasteiger partial charge in [-0.05, 0) is 35.9 Å². The van der Waals surface area contributed by atoms with Gasteiger partial charge >= 0.3 is 0 Å². The fourth-order valence-corrected chi connectivity index (χ4v) is 3.18. The Morgan fingerprint density at radius 2 is 1.96 bits per heavy atom. The van der Waals surface area contributed by atoms with Gasteiger partial charge in [-0.15, -0.1) is 0 Å². The summed E-state index contributed by atoms with van der Waals surface area (Å²) < 4.78 is 6.11. The summed E-state index contributed by atoms with van der Waals surface area (Å²) in [7, 11) is 0. The van der Waals surface area contributed by atoms with E-state index in [0.717, 1.165) is 26.5 Å². The number of carbonyl (C=O) groups excluding carboxylic acids is 1. The van der Waals surface area contributed by atoms with E-state index in [0.29, 0.717) is 11.5 Å². The summed E-state index contributed by atoms with van der Waals surface area (Å²) in [4.78, 5) is 15.9. The van der Waals surface area contributed by atoms with Gasteiger partial charge in [0.1, 0.15) is 11.5 Å². The number of nitrogens with one attached hydrogen (secondary N) is 2. The van der Waals surface area contributed by atoms with Crippen LogP contribution < -0.4 is 5.43 Å². The lowest BCUT2D eigenvalue weighted by Gasteiger charge is -2.04. The van der Waals surface area contributed by atoms with E-state index >= 15 is 0 Å². The summed E-state index contributed by atoms with van der Waals surface area (Å²) in [5.41, 5.74) is 5.69. The summed E-state index contributed by atoms with van der Waals surface area (Å²) in [5, 5.41) is 4.93. The number of amides is 1. The van der Waals surface area contributed by atoms with Crippen LogP contribution in [-0.4, -0.2) is 17.1 Å². The third kappa shape index (κ3) is 3.19. The molecule has 0 spiro atoms.